The number of anilines is 1. The molecule has 164 valence electrons. The maximum Gasteiger partial charge on any atom is 0.264 e. The summed E-state index contributed by atoms with van der Waals surface area (Å²) >= 11 is 5.90. The SMILES string of the molecule is Cc1ccc(C(=O)CC2(O)C(=O)N(CCOc3ccc(Cl)cc3)c3ccccc32)c(C)c1. The highest BCUT2D eigenvalue weighted by Gasteiger charge is 2.50. The van der Waals surface area contributed by atoms with E-state index in [1.165, 1.54) is 4.90 Å². The van der Waals surface area contributed by atoms with Gasteiger partial charge in [0.1, 0.15) is 12.4 Å². The van der Waals surface area contributed by atoms with Crippen LogP contribution in [0.3, 0.4) is 0 Å². The van der Waals surface area contributed by atoms with Gasteiger partial charge in [-0.05, 0) is 49.7 Å². The summed E-state index contributed by atoms with van der Waals surface area (Å²) in [5.41, 5.74) is 1.50. The van der Waals surface area contributed by atoms with Gasteiger partial charge in [-0.3, -0.25) is 9.59 Å². The van der Waals surface area contributed by atoms with Gasteiger partial charge in [-0.1, -0.05) is 53.6 Å². The molecule has 3 aromatic rings. The van der Waals surface area contributed by atoms with E-state index >= 15 is 0 Å². The molecule has 0 aliphatic carbocycles. The Morgan fingerprint density at radius 2 is 1.78 bits per heavy atom. The van der Waals surface area contributed by atoms with E-state index in [1.54, 1.807) is 54.6 Å². The lowest BCUT2D eigenvalue weighted by atomic mass is 9.87. The van der Waals surface area contributed by atoms with Crippen molar-refractivity contribution in [3.05, 3.63) is 94.0 Å². The second-order valence-corrected chi connectivity index (χ2v) is 8.49. The first kappa shape index (κ1) is 22.1. The van der Waals surface area contributed by atoms with Crippen molar-refractivity contribution >= 4 is 29.0 Å². The molecule has 1 N–H and O–H groups in total. The Hall–Kier alpha value is -3.15. The summed E-state index contributed by atoms with van der Waals surface area (Å²) in [6, 6.07) is 19.5. The number of ketones is 1. The summed E-state index contributed by atoms with van der Waals surface area (Å²) in [6.45, 7) is 4.27. The molecular weight excluding hydrogens is 426 g/mol. The van der Waals surface area contributed by atoms with E-state index in [-0.39, 0.29) is 25.4 Å². The molecule has 0 saturated carbocycles. The number of hydrogen-bond donors (Lipinski definition) is 1. The smallest absolute Gasteiger partial charge is 0.264 e. The third-order valence-corrected chi connectivity index (χ3v) is 5.99. The van der Waals surface area contributed by atoms with E-state index in [0.717, 1.165) is 11.1 Å². The number of benzene rings is 3. The van der Waals surface area contributed by atoms with Gasteiger partial charge in [0.15, 0.2) is 11.4 Å². The van der Waals surface area contributed by atoms with E-state index in [2.05, 4.69) is 0 Å². The van der Waals surface area contributed by atoms with Crippen LogP contribution in [0, 0.1) is 13.8 Å². The number of carbonyl (C=O) groups is 2. The number of Topliss-reactive ketones (excluding diaryl/α,β-unsaturated/α-hetero) is 1. The summed E-state index contributed by atoms with van der Waals surface area (Å²) in [5, 5.41) is 12.0. The summed E-state index contributed by atoms with van der Waals surface area (Å²) in [4.78, 5) is 27.9. The third kappa shape index (κ3) is 4.14. The molecule has 4 rings (SSSR count). The molecule has 1 heterocycles. The van der Waals surface area contributed by atoms with Crippen LogP contribution in [0.25, 0.3) is 0 Å². The maximum absolute atomic E-state index is 13.3. The predicted octanol–water partition coefficient (Wildman–Crippen LogP) is 4.84. The summed E-state index contributed by atoms with van der Waals surface area (Å²) < 4.78 is 5.73. The van der Waals surface area contributed by atoms with Crippen molar-refractivity contribution in [3.8, 4) is 5.75 Å². The number of fused-ring (bicyclic) bond motifs is 1. The number of hydrogen-bond acceptors (Lipinski definition) is 4. The monoisotopic (exact) mass is 449 g/mol. The molecule has 0 spiro atoms. The number of aryl methyl sites for hydroxylation is 2. The second-order valence-electron chi connectivity index (χ2n) is 8.05. The predicted molar refractivity (Wildman–Crippen MR) is 125 cm³/mol. The molecule has 5 nitrogen and oxygen atoms in total. The van der Waals surface area contributed by atoms with Gasteiger partial charge in [0.05, 0.1) is 18.7 Å². The number of aliphatic hydroxyl groups is 1. The number of carbonyl (C=O) groups excluding carboxylic acids is 2. The highest BCUT2D eigenvalue weighted by atomic mass is 35.5. The van der Waals surface area contributed by atoms with E-state index in [1.807, 2.05) is 26.0 Å². The van der Waals surface area contributed by atoms with Crippen molar-refractivity contribution < 1.29 is 19.4 Å². The minimum atomic E-state index is -1.91. The number of ether oxygens (including phenoxy) is 1. The Labute approximate surface area is 192 Å². The molecule has 1 amide bonds. The minimum Gasteiger partial charge on any atom is -0.492 e. The molecule has 1 unspecified atom stereocenters. The first-order valence-electron chi connectivity index (χ1n) is 10.4. The third-order valence-electron chi connectivity index (χ3n) is 5.74. The normalized spacial score (nSPS) is 17.4. The zero-order chi connectivity index (χ0) is 22.9. The summed E-state index contributed by atoms with van der Waals surface area (Å²) in [7, 11) is 0. The van der Waals surface area contributed by atoms with Gasteiger partial charge in [-0.15, -0.1) is 0 Å². The van der Waals surface area contributed by atoms with Crippen LogP contribution in [-0.2, 0) is 10.4 Å². The molecule has 0 aromatic heterocycles. The molecule has 1 atom stereocenters. The molecule has 6 heteroatoms. The minimum absolute atomic E-state index is 0.225. The molecule has 32 heavy (non-hydrogen) atoms. The van der Waals surface area contributed by atoms with Crippen LogP contribution in [-0.4, -0.2) is 29.9 Å². The van der Waals surface area contributed by atoms with Crippen LogP contribution >= 0.6 is 11.6 Å². The van der Waals surface area contributed by atoms with Crippen molar-refractivity contribution in [1.82, 2.24) is 0 Å². The zero-order valence-corrected chi connectivity index (χ0v) is 18.7. The second kappa shape index (κ2) is 8.77. The number of nitrogens with zero attached hydrogens (tertiary/aromatic N) is 1. The van der Waals surface area contributed by atoms with Crippen molar-refractivity contribution in [1.29, 1.82) is 0 Å². The van der Waals surface area contributed by atoms with Crippen molar-refractivity contribution in [2.24, 2.45) is 0 Å². The summed E-state index contributed by atoms with van der Waals surface area (Å²) in [5.74, 6) is -0.154. The van der Waals surface area contributed by atoms with E-state index < -0.39 is 11.5 Å². The Morgan fingerprint density at radius 1 is 1.06 bits per heavy atom. The molecule has 1 aliphatic rings. The Morgan fingerprint density at radius 3 is 2.50 bits per heavy atom. The molecule has 0 radical (unpaired) electrons. The molecule has 1 aliphatic heterocycles. The topological polar surface area (TPSA) is 66.8 Å². The first-order valence-corrected chi connectivity index (χ1v) is 10.8. The fourth-order valence-electron chi connectivity index (χ4n) is 4.14. The van der Waals surface area contributed by atoms with E-state index in [9.17, 15) is 14.7 Å². The van der Waals surface area contributed by atoms with Gasteiger partial charge < -0.3 is 14.7 Å². The van der Waals surface area contributed by atoms with Gasteiger partial charge in [0, 0.05) is 16.1 Å². The molecule has 0 fully saturated rings. The van der Waals surface area contributed by atoms with Crippen LogP contribution in [0.4, 0.5) is 5.69 Å². The van der Waals surface area contributed by atoms with Gasteiger partial charge in [-0.25, -0.2) is 0 Å². The maximum atomic E-state index is 13.3. The van der Waals surface area contributed by atoms with E-state index in [0.29, 0.717) is 27.6 Å². The number of halogens is 1. The van der Waals surface area contributed by atoms with Crippen LogP contribution in [0.1, 0.15) is 33.5 Å². The Balaban J connectivity index is 1.54. The average molecular weight is 450 g/mol. The number of amides is 1. The van der Waals surface area contributed by atoms with Gasteiger partial charge in [-0.2, -0.15) is 0 Å². The first-order chi connectivity index (χ1) is 15.3. The Bertz CT molecular complexity index is 1170. The highest BCUT2D eigenvalue weighted by Crippen LogP contribution is 2.42. The number of para-hydroxylation sites is 1. The lowest BCUT2D eigenvalue weighted by molar-refractivity contribution is -0.135. The van der Waals surface area contributed by atoms with Crippen LogP contribution in [0.15, 0.2) is 66.7 Å². The fraction of sp³-hybridized carbons (Fsp3) is 0.231. The van der Waals surface area contributed by atoms with Crippen LogP contribution in [0.2, 0.25) is 5.02 Å². The average Bonchev–Trinajstić information content (AvgIpc) is 2.97. The van der Waals surface area contributed by atoms with Gasteiger partial charge in [0.25, 0.3) is 5.91 Å². The highest BCUT2D eigenvalue weighted by molar-refractivity contribution is 6.30. The molecule has 0 saturated heterocycles. The van der Waals surface area contributed by atoms with Crippen molar-refractivity contribution in [3.63, 3.8) is 0 Å². The lowest BCUT2D eigenvalue weighted by Crippen LogP contribution is -2.43. The fourth-order valence-corrected chi connectivity index (χ4v) is 4.27. The molecular formula is C26H24ClNO4. The van der Waals surface area contributed by atoms with Crippen LogP contribution < -0.4 is 9.64 Å². The summed E-state index contributed by atoms with van der Waals surface area (Å²) in [6.07, 6.45) is -0.318. The van der Waals surface area contributed by atoms with Crippen molar-refractivity contribution in [2.45, 2.75) is 25.9 Å². The van der Waals surface area contributed by atoms with E-state index in [4.69, 9.17) is 16.3 Å². The van der Waals surface area contributed by atoms with Gasteiger partial charge in [0.2, 0.25) is 0 Å². The molecule has 0 bridgehead atoms. The van der Waals surface area contributed by atoms with Gasteiger partial charge >= 0.3 is 0 Å². The lowest BCUT2D eigenvalue weighted by Gasteiger charge is -2.23. The van der Waals surface area contributed by atoms with Crippen LogP contribution in [0.5, 0.6) is 5.75 Å². The Kier molecular flexibility index (Phi) is 6.04. The number of rotatable bonds is 7. The largest absolute Gasteiger partial charge is 0.492 e. The quantitative estimate of drug-likeness (QED) is 0.524. The zero-order valence-electron chi connectivity index (χ0n) is 18.0. The molecule has 3 aromatic carbocycles. The van der Waals surface area contributed by atoms with Crippen molar-refractivity contribution in [2.75, 3.05) is 18.1 Å². The standard InChI is InChI=1S/C26H24ClNO4/c1-17-7-12-21(18(2)15-17)24(29)16-26(31)22-5-3-4-6-23(22)28(25(26)30)13-14-32-20-10-8-19(27)9-11-20/h3-12,15,31H,13-14,16H2,1-2H3.